The zero-order valence-electron chi connectivity index (χ0n) is 8.06. The van der Waals surface area contributed by atoms with Crippen LogP contribution in [0.4, 0.5) is 13.2 Å². The highest BCUT2D eigenvalue weighted by Crippen LogP contribution is 2.14. The monoisotopic (exact) mass is 207 g/mol. The molecule has 0 amide bonds. The van der Waals surface area contributed by atoms with Crippen LogP contribution in [0.3, 0.4) is 0 Å². The first-order valence-corrected chi connectivity index (χ1v) is 4.14. The first-order chi connectivity index (χ1) is 6.37. The maximum Gasteiger partial charge on any atom is 0.407 e. The van der Waals surface area contributed by atoms with Crippen molar-refractivity contribution < 1.29 is 18.0 Å². The summed E-state index contributed by atoms with van der Waals surface area (Å²) in [7, 11) is 0. The number of nitrogens with zero attached hydrogens (tertiary/aromatic N) is 1. The molecule has 5 heteroatoms. The maximum absolute atomic E-state index is 11.7. The van der Waals surface area contributed by atoms with Gasteiger partial charge in [0.15, 0.2) is 5.78 Å². The lowest BCUT2D eigenvalue weighted by atomic mass is 10.2. The van der Waals surface area contributed by atoms with Gasteiger partial charge in [-0.3, -0.25) is 9.79 Å². The number of halogens is 3. The summed E-state index contributed by atoms with van der Waals surface area (Å²) in [5.74, 6) is -0.280. The number of allylic oxidation sites excluding steroid dienone is 2. The predicted octanol–water partition coefficient (Wildman–Crippen LogP) is 2.54. The van der Waals surface area contributed by atoms with Crippen LogP contribution in [0.25, 0.3) is 0 Å². The molecular weight excluding hydrogens is 195 g/mol. The first kappa shape index (κ1) is 12.9. The van der Waals surface area contributed by atoms with Gasteiger partial charge in [-0.15, -0.1) is 0 Å². The number of ketones is 1. The average molecular weight is 207 g/mol. The lowest BCUT2D eigenvalue weighted by Crippen LogP contribution is -2.12. The molecule has 0 radical (unpaired) electrons. The Morgan fingerprint density at radius 2 is 2.00 bits per heavy atom. The normalized spacial score (nSPS) is 13.6. The van der Waals surface area contributed by atoms with Crippen molar-refractivity contribution in [2.24, 2.45) is 4.99 Å². The van der Waals surface area contributed by atoms with Crippen molar-refractivity contribution in [1.29, 1.82) is 0 Å². The molecule has 0 atom stereocenters. The third-order valence-electron chi connectivity index (χ3n) is 1.33. The zero-order chi connectivity index (χ0) is 11.2. The highest BCUT2D eigenvalue weighted by atomic mass is 19.4. The second-order valence-corrected chi connectivity index (χ2v) is 2.71. The lowest BCUT2D eigenvalue weighted by Gasteiger charge is -2.00. The van der Waals surface area contributed by atoms with Crippen molar-refractivity contribution >= 4 is 12.0 Å². The van der Waals surface area contributed by atoms with Gasteiger partial charge in [-0.1, -0.05) is 13.0 Å². The van der Waals surface area contributed by atoms with Gasteiger partial charge in [0.25, 0.3) is 0 Å². The number of Topliss-reactive ketones (excluding diaryl/α,β-unsaturated/α-hetero) is 1. The van der Waals surface area contributed by atoms with Crippen LogP contribution in [0.15, 0.2) is 16.6 Å². The van der Waals surface area contributed by atoms with Gasteiger partial charge in [0, 0.05) is 11.8 Å². The van der Waals surface area contributed by atoms with Crippen molar-refractivity contribution in [2.75, 3.05) is 6.54 Å². The lowest BCUT2D eigenvalue weighted by molar-refractivity contribution is -0.118. The molecule has 0 unspecified atom stereocenters. The molecule has 0 aromatic heterocycles. The summed E-state index contributed by atoms with van der Waals surface area (Å²) in [6, 6.07) is 0. The molecule has 0 rings (SSSR count). The Hall–Kier alpha value is -1.13. The minimum atomic E-state index is -4.31. The van der Waals surface area contributed by atoms with E-state index >= 15 is 0 Å². The minimum Gasteiger partial charge on any atom is -0.294 e. The van der Waals surface area contributed by atoms with Gasteiger partial charge in [-0.25, -0.2) is 0 Å². The van der Waals surface area contributed by atoms with E-state index in [0.717, 1.165) is 6.21 Å². The van der Waals surface area contributed by atoms with Gasteiger partial charge in [0.05, 0.1) is 0 Å². The molecule has 80 valence electrons. The predicted molar refractivity (Wildman–Crippen MR) is 48.5 cm³/mol. The average Bonchev–Trinajstić information content (AvgIpc) is 2.00. The van der Waals surface area contributed by atoms with Crippen LogP contribution in [0.2, 0.25) is 0 Å². The van der Waals surface area contributed by atoms with Crippen LogP contribution in [0.5, 0.6) is 0 Å². The third kappa shape index (κ3) is 6.39. The standard InChI is InChI=1S/C9H12F3NO/c1-3-4-8(7(2)14)5-13-6-9(10,11)12/h4-5H,3,6H2,1-2H3/b8-4+,13-5?. The molecule has 0 aliphatic carbocycles. The molecule has 0 bridgehead atoms. The second-order valence-electron chi connectivity index (χ2n) is 2.71. The fourth-order valence-corrected chi connectivity index (χ4v) is 0.755. The Kier molecular flexibility index (Phi) is 5.12. The molecule has 0 saturated carbocycles. The van der Waals surface area contributed by atoms with Crippen molar-refractivity contribution in [3.8, 4) is 0 Å². The van der Waals surface area contributed by atoms with Crippen LogP contribution in [-0.2, 0) is 4.79 Å². The SMILES string of the molecule is CC/C=C(\C=NCC(F)(F)F)C(C)=O. The van der Waals surface area contributed by atoms with Gasteiger partial charge >= 0.3 is 6.18 Å². The largest absolute Gasteiger partial charge is 0.407 e. The van der Waals surface area contributed by atoms with Crippen molar-refractivity contribution in [3.63, 3.8) is 0 Å². The van der Waals surface area contributed by atoms with Crippen molar-refractivity contribution in [1.82, 2.24) is 0 Å². The molecule has 0 fully saturated rings. The number of carbonyl (C=O) groups is 1. The van der Waals surface area contributed by atoms with Crippen molar-refractivity contribution in [2.45, 2.75) is 26.4 Å². The Morgan fingerprint density at radius 3 is 2.36 bits per heavy atom. The molecule has 0 aromatic rings. The van der Waals surface area contributed by atoms with Gasteiger partial charge in [-0.05, 0) is 13.3 Å². The van der Waals surface area contributed by atoms with Crippen LogP contribution < -0.4 is 0 Å². The number of rotatable bonds is 4. The highest BCUT2D eigenvalue weighted by molar-refractivity contribution is 6.12. The van der Waals surface area contributed by atoms with E-state index in [2.05, 4.69) is 4.99 Å². The van der Waals surface area contributed by atoms with Crippen LogP contribution in [-0.4, -0.2) is 24.7 Å². The molecule has 0 spiro atoms. The van der Waals surface area contributed by atoms with E-state index in [-0.39, 0.29) is 11.4 Å². The van der Waals surface area contributed by atoms with E-state index in [1.807, 2.05) is 0 Å². The van der Waals surface area contributed by atoms with E-state index in [1.54, 1.807) is 13.0 Å². The molecular formula is C9H12F3NO. The number of alkyl halides is 3. The number of hydrogen-bond donors (Lipinski definition) is 0. The number of aliphatic imine (C=N–C) groups is 1. The summed E-state index contributed by atoms with van der Waals surface area (Å²) in [5.41, 5.74) is 0.219. The van der Waals surface area contributed by atoms with E-state index in [9.17, 15) is 18.0 Å². The molecule has 0 aliphatic rings. The second kappa shape index (κ2) is 5.57. The fraction of sp³-hybridized carbons (Fsp3) is 0.556. The molecule has 2 nitrogen and oxygen atoms in total. The highest BCUT2D eigenvalue weighted by Gasteiger charge is 2.25. The number of carbonyl (C=O) groups excluding carboxylic acids is 1. The van der Waals surface area contributed by atoms with E-state index < -0.39 is 12.7 Å². The molecule has 0 aromatic carbocycles. The van der Waals surface area contributed by atoms with Gasteiger partial charge in [0.2, 0.25) is 0 Å². The summed E-state index contributed by atoms with van der Waals surface area (Å²) < 4.78 is 35.0. The molecule has 0 N–H and O–H groups in total. The van der Waals surface area contributed by atoms with Crippen LogP contribution >= 0.6 is 0 Å². The molecule has 14 heavy (non-hydrogen) atoms. The summed E-state index contributed by atoms with van der Waals surface area (Å²) in [6.07, 6.45) is -1.21. The summed E-state index contributed by atoms with van der Waals surface area (Å²) in [5, 5.41) is 0. The minimum absolute atomic E-state index is 0.219. The fourth-order valence-electron chi connectivity index (χ4n) is 0.755. The van der Waals surface area contributed by atoms with Crippen molar-refractivity contribution in [3.05, 3.63) is 11.6 Å². The zero-order valence-corrected chi connectivity index (χ0v) is 8.06. The van der Waals surface area contributed by atoms with Gasteiger partial charge in [0.1, 0.15) is 6.54 Å². The number of hydrogen-bond acceptors (Lipinski definition) is 2. The summed E-state index contributed by atoms with van der Waals surface area (Å²) in [6.45, 7) is 1.84. The Balaban J connectivity index is 4.32. The molecule has 0 heterocycles. The third-order valence-corrected chi connectivity index (χ3v) is 1.33. The quantitative estimate of drug-likeness (QED) is 0.514. The maximum atomic E-state index is 11.7. The summed E-state index contributed by atoms with van der Waals surface area (Å²) >= 11 is 0. The van der Waals surface area contributed by atoms with Crippen LogP contribution in [0.1, 0.15) is 20.3 Å². The molecule has 0 saturated heterocycles. The smallest absolute Gasteiger partial charge is 0.294 e. The van der Waals surface area contributed by atoms with E-state index in [4.69, 9.17) is 0 Å². The Morgan fingerprint density at radius 1 is 1.43 bits per heavy atom. The first-order valence-electron chi connectivity index (χ1n) is 4.14. The van der Waals surface area contributed by atoms with Gasteiger partial charge in [-0.2, -0.15) is 13.2 Å². The Labute approximate surface area is 80.5 Å². The molecule has 0 aliphatic heterocycles. The van der Waals surface area contributed by atoms with Crippen LogP contribution in [0, 0.1) is 0 Å². The summed E-state index contributed by atoms with van der Waals surface area (Å²) in [4.78, 5) is 14.0. The Bertz CT molecular complexity index is 253. The van der Waals surface area contributed by atoms with E-state index in [1.165, 1.54) is 6.92 Å². The van der Waals surface area contributed by atoms with E-state index in [0.29, 0.717) is 6.42 Å². The topological polar surface area (TPSA) is 29.4 Å². The van der Waals surface area contributed by atoms with Gasteiger partial charge < -0.3 is 0 Å².